The molecular weight excluding hydrogens is 368 g/mol. The normalized spacial score (nSPS) is 16.8. The predicted molar refractivity (Wildman–Crippen MR) is 106 cm³/mol. The van der Waals surface area contributed by atoms with Crippen molar-refractivity contribution in [2.45, 2.75) is 44.1 Å². The number of thiophene rings is 1. The maximum atomic E-state index is 13.1. The van der Waals surface area contributed by atoms with Gasteiger partial charge in [-0.25, -0.2) is 8.42 Å². The number of hydrogen-bond acceptors (Lipinski definition) is 4. The molecule has 0 atom stereocenters. The molecule has 5 nitrogen and oxygen atoms in total. The first-order chi connectivity index (χ1) is 12.4. The van der Waals surface area contributed by atoms with Crippen molar-refractivity contribution < 1.29 is 13.2 Å². The lowest BCUT2D eigenvalue weighted by Crippen LogP contribution is -2.45. The number of amides is 1. The molecular formula is C19H24N2O3S2. The first kappa shape index (κ1) is 18.9. The van der Waals surface area contributed by atoms with Crippen molar-refractivity contribution in [1.29, 1.82) is 0 Å². The summed E-state index contributed by atoms with van der Waals surface area (Å²) in [4.78, 5) is 14.2. The lowest BCUT2D eigenvalue weighted by Gasteiger charge is -2.36. The highest BCUT2D eigenvalue weighted by molar-refractivity contribution is 7.92. The zero-order chi connectivity index (χ0) is 18.6. The zero-order valence-electron chi connectivity index (χ0n) is 14.8. The molecule has 3 rings (SSSR count). The lowest BCUT2D eigenvalue weighted by molar-refractivity contribution is -0.128. The molecule has 0 radical (unpaired) electrons. The summed E-state index contributed by atoms with van der Waals surface area (Å²) in [5.41, 5.74) is 0.945. The molecule has 140 valence electrons. The molecule has 1 heterocycles. The standard InChI is InChI=1S/C19H24N2O3S2/c1-26(23,24)21-16-9-7-15(8-10-16)19(11-3-2-4-12-19)18(22)20-14-17-6-5-13-25-17/h5-10,13,21H,2-4,11-12,14H2,1H3,(H,20,22). The Balaban J connectivity index is 1.81. The topological polar surface area (TPSA) is 75.3 Å². The van der Waals surface area contributed by atoms with Crippen LogP contribution in [0.25, 0.3) is 0 Å². The summed E-state index contributed by atoms with van der Waals surface area (Å²) < 4.78 is 25.2. The van der Waals surface area contributed by atoms with E-state index < -0.39 is 15.4 Å². The summed E-state index contributed by atoms with van der Waals surface area (Å²) in [6.45, 7) is 0.548. The van der Waals surface area contributed by atoms with Crippen molar-refractivity contribution in [3.05, 3.63) is 52.2 Å². The van der Waals surface area contributed by atoms with Gasteiger partial charge >= 0.3 is 0 Å². The molecule has 0 aliphatic heterocycles. The number of benzene rings is 1. The van der Waals surface area contributed by atoms with Crippen LogP contribution in [0.15, 0.2) is 41.8 Å². The monoisotopic (exact) mass is 392 g/mol. The first-order valence-corrected chi connectivity index (χ1v) is 11.6. The Hall–Kier alpha value is -1.86. The molecule has 0 saturated heterocycles. The van der Waals surface area contributed by atoms with Crippen LogP contribution in [-0.4, -0.2) is 20.6 Å². The molecule has 1 fully saturated rings. The average molecular weight is 393 g/mol. The van der Waals surface area contributed by atoms with Crippen molar-refractivity contribution >= 4 is 33.0 Å². The second kappa shape index (κ2) is 7.80. The molecule has 2 aromatic rings. The van der Waals surface area contributed by atoms with Gasteiger partial charge in [-0.2, -0.15) is 0 Å². The van der Waals surface area contributed by atoms with Crippen molar-refractivity contribution in [1.82, 2.24) is 5.32 Å². The minimum atomic E-state index is -3.31. The third kappa shape index (κ3) is 4.45. The highest BCUT2D eigenvalue weighted by atomic mass is 32.2. The lowest BCUT2D eigenvalue weighted by atomic mass is 9.68. The molecule has 1 aliphatic rings. The van der Waals surface area contributed by atoms with E-state index in [1.54, 1.807) is 23.5 Å². The van der Waals surface area contributed by atoms with Crippen molar-refractivity contribution in [3.8, 4) is 0 Å². The van der Waals surface area contributed by atoms with E-state index in [1.165, 1.54) is 0 Å². The van der Waals surface area contributed by atoms with Gasteiger partial charge in [-0.1, -0.05) is 37.5 Å². The third-order valence-corrected chi connectivity index (χ3v) is 6.37. The van der Waals surface area contributed by atoms with Crippen LogP contribution < -0.4 is 10.0 Å². The number of anilines is 1. The first-order valence-electron chi connectivity index (χ1n) is 8.78. The predicted octanol–water partition coefficient (Wildman–Crippen LogP) is 3.64. The minimum absolute atomic E-state index is 0.0643. The maximum absolute atomic E-state index is 13.1. The molecule has 1 amide bonds. The molecule has 26 heavy (non-hydrogen) atoms. The summed E-state index contributed by atoms with van der Waals surface area (Å²) in [7, 11) is -3.31. The van der Waals surface area contributed by atoms with E-state index in [9.17, 15) is 13.2 Å². The number of hydrogen-bond donors (Lipinski definition) is 2. The number of rotatable bonds is 6. The van der Waals surface area contributed by atoms with E-state index in [0.29, 0.717) is 12.2 Å². The van der Waals surface area contributed by atoms with Crippen LogP contribution in [-0.2, 0) is 26.8 Å². The number of nitrogens with one attached hydrogen (secondary N) is 2. The van der Waals surface area contributed by atoms with Crippen LogP contribution in [0.2, 0.25) is 0 Å². The summed E-state index contributed by atoms with van der Waals surface area (Å²) >= 11 is 1.63. The Morgan fingerprint density at radius 3 is 2.38 bits per heavy atom. The highest BCUT2D eigenvalue weighted by Crippen LogP contribution is 2.40. The average Bonchev–Trinajstić information content (AvgIpc) is 3.13. The van der Waals surface area contributed by atoms with Crippen LogP contribution in [0.1, 0.15) is 42.5 Å². The Kier molecular flexibility index (Phi) is 5.67. The fourth-order valence-corrected chi connectivity index (χ4v) is 4.83. The van der Waals surface area contributed by atoms with Gasteiger partial charge in [0, 0.05) is 10.6 Å². The third-order valence-electron chi connectivity index (χ3n) is 4.89. The largest absolute Gasteiger partial charge is 0.350 e. The molecule has 1 aromatic heterocycles. The van der Waals surface area contributed by atoms with Crippen LogP contribution >= 0.6 is 11.3 Å². The highest BCUT2D eigenvalue weighted by Gasteiger charge is 2.40. The van der Waals surface area contributed by atoms with Gasteiger partial charge in [0.1, 0.15) is 0 Å². The quantitative estimate of drug-likeness (QED) is 0.788. The fourth-order valence-electron chi connectivity index (χ4n) is 3.62. The summed E-state index contributed by atoms with van der Waals surface area (Å²) in [5, 5.41) is 5.11. The van der Waals surface area contributed by atoms with Crippen LogP contribution in [0.5, 0.6) is 0 Å². The van der Waals surface area contributed by atoms with Gasteiger partial charge in [0.2, 0.25) is 15.9 Å². The molecule has 0 bridgehead atoms. The number of carbonyl (C=O) groups is 1. The smallest absolute Gasteiger partial charge is 0.230 e. The van der Waals surface area contributed by atoms with Gasteiger partial charge in [-0.15, -0.1) is 11.3 Å². The molecule has 1 saturated carbocycles. The van der Waals surface area contributed by atoms with Crippen molar-refractivity contribution in [2.75, 3.05) is 11.0 Å². The van der Waals surface area contributed by atoms with E-state index in [4.69, 9.17) is 0 Å². The van der Waals surface area contributed by atoms with E-state index in [2.05, 4.69) is 10.0 Å². The van der Waals surface area contributed by atoms with Gasteiger partial charge in [0.15, 0.2) is 0 Å². The molecule has 1 aromatic carbocycles. The van der Waals surface area contributed by atoms with Crippen LogP contribution in [0.3, 0.4) is 0 Å². The van der Waals surface area contributed by atoms with Gasteiger partial charge < -0.3 is 5.32 Å². The van der Waals surface area contributed by atoms with Gasteiger partial charge in [0.25, 0.3) is 0 Å². The SMILES string of the molecule is CS(=O)(=O)Nc1ccc(C2(C(=O)NCc3cccs3)CCCCC2)cc1. The zero-order valence-corrected chi connectivity index (χ0v) is 16.5. The fraction of sp³-hybridized carbons (Fsp3) is 0.421. The number of carbonyl (C=O) groups excluding carboxylic acids is 1. The molecule has 0 unspecified atom stereocenters. The van der Waals surface area contributed by atoms with Gasteiger partial charge in [0.05, 0.1) is 18.2 Å². The van der Waals surface area contributed by atoms with Crippen LogP contribution in [0, 0.1) is 0 Å². The van der Waals surface area contributed by atoms with Gasteiger partial charge in [-0.05, 0) is 42.0 Å². The van der Waals surface area contributed by atoms with Crippen LogP contribution in [0.4, 0.5) is 5.69 Å². The van der Waals surface area contributed by atoms with E-state index in [0.717, 1.165) is 48.8 Å². The van der Waals surface area contributed by atoms with E-state index >= 15 is 0 Å². The van der Waals surface area contributed by atoms with Gasteiger partial charge in [-0.3, -0.25) is 9.52 Å². The molecule has 7 heteroatoms. The van der Waals surface area contributed by atoms with E-state index in [1.807, 2.05) is 29.6 Å². The second-order valence-corrected chi connectivity index (χ2v) is 9.64. The summed E-state index contributed by atoms with van der Waals surface area (Å²) in [5.74, 6) is 0.0643. The second-order valence-electron chi connectivity index (χ2n) is 6.86. The summed E-state index contributed by atoms with van der Waals surface area (Å²) in [6.07, 6.45) is 5.96. The van der Waals surface area contributed by atoms with Crippen molar-refractivity contribution in [2.24, 2.45) is 0 Å². The Morgan fingerprint density at radius 1 is 1.12 bits per heavy atom. The van der Waals surface area contributed by atoms with E-state index in [-0.39, 0.29) is 5.91 Å². The minimum Gasteiger partial charge on any atom is -0.350 e. The molecule has 0 spiro atoms. The Bertz CT molecular complexity index is 837. The maximum Gasteiger partial charge on any atom is 0.230 e. The molecule has 2 N–H and O–H groups in total. The summed E-state index contributed by atoms with van der Waals surface area (Å²) in [6, 6.07) is 11.2. The Morgan fingerprint density at radius 2 is 1.81 bits per heavy atom. The Labute approximate surface area is 158 Å². The molecule has 1 aliphatic carbocycles. The number of sulfonamides is 1. The van der Waals surface area contributed by atoms with Crippen molar-refractivity contribution in [3.63, 3.8) is 0 Å².